The van der Waals surface area contributed by atoms with Crippen molar-refractivity contribution in [3.8, 4) is 0 Å². The topological polar surface area (TPSA) is 108 Å². The SMILES string of the molecule is CCC=CCC=CCC=CCC=CCC=CCC=CCCC(=O)NC(C)C(=O)O[C@H](C)[C@H](N)C(=O)OC. The third-order valence-electron chi connectivity index (χ3n) is 5.15. The molecule has 0 spiro atoms. The first kappa shape index (κ1) is 33.8. The van der Waals surface area contributed by atoms with E-state index in [1.54, 1.807) is 0 Å². The number of rotatable bonds is 19. The fourth-order valence-electron chi connectivity index (χ4n) is 2.91. The molecule has 0 fully saturated rings. The molecule has 0 saturated heterocycles. The van der Waals surface area contributed by atoms with E-state index in [0.717, 1.165) is 38.5 Å². The molecule has 0 aliphatic heterocycles. The van der Waals surface area contributed by atoms with E-state index in [4.69, 9.17) is 10.5 Å². The van der Waals surface area contributed by atoms with Crippen LogP contribution in [0.15, 0.2) is 72.9 Å². The average molecular weight is 515 g/mol. The van der Waals surface area contributed by atoms with Crippen molar-refractivity contribution in [3.05, 3.63) is 72.9 Å². The second-order valence-corrected chi connectivity index (χ2v) is 8.43. The Morgan fingerprint density at radius 2 is 1.16 bits per heavy atom. The summed E-state index contributed by atoms with van der Waals surface area (Å²) in [7, 11) is 1.21. The van der Waals surface area contributed by atoms with Crippen LogP contribution in [0.5, 0.6) is 0 Å². The Kier molecular flexibility index (Phi) is 21.2. The third kappa shape index (κ3) is 19.7. The molecule has 0 aromatic carbocycles. The minimum atomic E-state index is -1.08. The van der Waals surface area contributed by atoms with Crippen LogP contribution in [-0.4, -0.2) is 43.1 Å². The van der Waals surface area contributed by atoms with Gasteiger partial charge < -0.3 is 20.5 Å². The highest BCUT2D eigenvalue weighted by Crippen LogP contribution is 2.03. The van der Waals surface area contributed by atoms with Gasteiger partial charge in [0.05, 0.1) is 7.11 Å². The van der Waals surface area contributed by atoms with Crippen molar-refractivity contribution in [2.75, 3.05) is 7.11 Å². The van der Waals surface area contributed by atoms with E-state index in [2.05, 4.69) is 77.7 Å². The van der Waals surface area contributed by atoms with Crippen LogP contribution in [0.25, 0.3) is 0 Å². The Hall–Kier alpha value is -3.19. The summed E-state index contributed by atoms with van der Waals surface area (Å²) in [5.74, 6) is -1.59. The molecule has 0 aliphatic carbocycles. The van der Waals surface area contributed by atoms with Crippen molar-refractivity contribution in [1.82, 2.24) is 5.32 Å². The van der Waals surface area contributed by atoms with Gasteiger partial charge in [-0.15, -0.1) is 0 Å². The predicted octanol–water partition coefficient (Wildman–Crippen LogP) is 5.40. The van der Waals surface area contributed by atoms with Gasteiger partial charge in [-0.25, -0.2) is 4.79 Å². The lowest BCUT2D eigenvalue weighted by Crippen LogP contribution is -2.47. The normalized spacial score (nSPS) is 14.8. The quantitative estimate of drug-likeness (QED) is 0.176. The van der Waals surface area contributed by atoms with Crippen LogP contribution >= 0.6 is 0 Å². The van der Waals surface area contributed by atoms with Crippen LogP contribution in [0, 0.1) is 0 Å². The summed E-state index contributed by atoms with van der Waals surface area (Å²) < 4.78 is 9.65. The lowest BCUT2D eigenvalue weighted by molar-refractivity contribution is -0.157. The molecule has 0 radical (unpaired) electrons. The summed E-state index contributed by atoms with van der Waals surface area (Å²) >= 11 is 0. The summed E-state index contributed by atoms with van der Waals surface area (Å²) in [4.78, 5) is 35.5. The first-order chi connectivity index (χ1) is 17.8. The molecular formula is C30H46N2O5. The number of methoxy groups -OCH3 is 1. The van der Waals surface area contributed by atoms with Gasteiger partial charge in [0, 0.05) is 6.42 Å². The number of nitrogens with two attached hydrogens (primary N) is 1. The highest BCUT2D eigenvalue weighted by Gasteiger charge is 2.27. The second-order valence-electron chi connectivity index (χ2n) is 8.43. The Bertz CT molecular complexity index is 824. The zero-order valence-electron chi connectivity index (χ0n) is 22.9. The van der Waals surface area contributed by atoms with E-state index in [0.29, 0.717) is 6.42 Å². The fourth-order valence-corrected chi connectivity index (χ4v) is 2.91. The number of nitrogens with one attached hydrogen (secondary N) is 1. The number of amides is 1. The molecule has 3 atom stereocenters. The van der Waals surface area contributed by atoms with Gasteiger partial charge >= 0.3 is 11.9 Å². The number of carbonyl (C=O) groups is 3. The maximum absolute atomic E-state index is 12.1. The number of hydrogen-bond acceptors (Lipinski definition) is 6. The van der Waals surface area contributed by atoms with Crippen molar-refractivity contribution < 1.29 is 23.9 Å². The summed E-state index contributed by atoms with van der Waals surface area (Å²) in [5, 5.41) is 2.59. The maximum Gasteiger partial charge on any atom is 0.328 e. The fraction of sp³-hybridized carbons (Fsp3) is 0.500. The highest BCUT2D eigenvalue weighted by molar-refractivity contribution is 5.84. The smallest absolute Gasteiger partial charge is 0.328 e. The number of carbonyl (C=O) groups excluding carboxylic acids is 3. The summed E-state index contributed by atoms with van der Waals surface area (Å²) in [6.45, 7) is 5.16. The van der Waals surface area contributed by atoms with Gasteiger partial charge in [-0.3, -0.25) is 9.59 Å². The van der Waals surface area contributed by atoms with Crippen LogP contribution < -0.4 is 11.1 Å². The molecule has 0 heterocycles. The molecule has 1 amide bonds. The van der Waals surface area contributed by atoms with Gasteiger partial charge in [0.25, 0.3) is 0 Å². The van der Waals surface area contributed by atoms with Crippen LogP contribution in [0.4, 0.5) is 0 Å². The number of ether oxygens (including phenoxy) is 2. The lowest BCUT2D eigenvalue weighted by atomic mass is 10.2. The van der Waals surface area contributed by atoms with E-state index in [-0.39, 0.29) is 12.3 Å². The molecule has 0 aromatic rings. The molecule has 7 heteroatoms. The van der Waals surface area contributed by atoms with Gasteiger partial charge in [-0.2, -0.15) is 0 Å². The minimum Gasteiger partial charge on any atom is -0.468 e. The second kappa shape index (κ2) is 23.2. The molecule has 7 nitrogen and oxygen atoms in total. The van der Waals surface area contributed by atoms with E-state index in [9.17, 15) is 14.4 Å². The highest BCUT2D eigenvalue weighted by atomic mass is 16.6. The lowest BCUT2D eigenvalue weighted by Gasteiger charge is -2.21. The van der Waals surface area contributed by atoms with Gasteiger partial charge in [-0.05, 0) is 58.8 Å². The van der Waals surface area contributed by atoms with Crippen molar-refractivity contribution in [1.29, 1.82) is 0 Å². The number of hydrogen-bond donors (Lipinski definition) is 2. The first-order valence-corrected chi connectivity index (χ1v) is 13.1. The average Bonchev–Trinajstić information content (AvgIpc) is 2.88. The van der Waals surface area contributed by atoms with Crippen LogP contribution in [0.1, 0.15) is 72.1 Å². The molecule has 3 N–H and O–H groups in total. The summed E-state index contributed by atoms with van der Waals surface area (Å²) in [6, 6.07) is -1.92. The van der Waals surface area contributed by atoms with Crippen LogP contribution in [0.3, 0.4) is 0 Å². The summed E-state index contributed by atoms with van der Waals surface area (Å²) in [6.07, 6.45) is 31.2. The van der Waals surface area contributed by atoms with Crippen molar-refractivity contribution in [2.24, 2.45) is 5.73 Å². The van der Waals surface area contributed by atoms with Gasteiger partial charge in [0.2, 0.25) is 5.91 Å². The Morgan fingerprint density at radius 1 is 0.730 bits per heavy atom. The first-order valence-electron chi connectivity index (χ1n) is 13.1. The zero-order chi connectivity index (χ0) is 27.7. The largest absolute Gasteiger partial charge is 0.468 e. The molecule has 0 aliphatic rings. The number of allylic oxidation sites excluding steroid dienone is 12. The third-order valence-corrected chi connectivity index (χ3v) is 5.15. The van der Waals surface area contributed by atoms with Crippen molar-refractivity contribution in [2.45, 2.75) is 90.3 Å². The molecule has 206 valence electrons. The molecule has 37 heavy (non-hydrogen) atoms. The van der Waals surface area contributed by atoms with E-state index >= 15 is 0 Å². The Balaban J connectivity index is 3.93. The minimum absolute atomic E-state index is 0.256. The van der Waals surface area contributed by atoms with Crippen LogP contribution in [-0.2, 0) is 23.9 Å². The van der Waals surface area contributed by atoms with E-state index in [1.807, 2.05) is 12.2 Å². The van der Waals surface area contributed by atoms with E-state index < -0.39 is 30.1 Å². The molecule has 0 aromatic heterocycles. The van der Waals surface area contributed by atoms with Gasteiger partial charge in [-0.1, -0.05) is 79.8 Å². The Morgan fingerprint density at radius 3 is 1.59 bits per heavy atom. The zero-order valence-corrected chi connectivity index (χ0v) is 22.9. The van der Waals surface area contributed by atoms with Gasteiger partial charge in [0.1, 0.15) is 18.2 Å². The van der Waals surface area contributed by atoms with E-state index in [1.165, 1.54) is 21.0 Å². The Labute approximate surface area is 223 Å². The molecule has 0 rings (SSSR count). The molecule has 0 saturated carbocycles. The monoisotopic (exact) mass is 514 g/mol. The van der Waals surface area contributed by atoms with Crippen molar-refractivity contribution >= 4 is 17.8 Å². The molecular weight excluding hydrogens is 468 g/mol. The molecule has 0 bridgehead atoms. The standard InChI is InChI=1S/C30H46N2O5/c1-5-6-7-8-9-10-11-12-13-14-15-16-17-18-19-20-21-22-23-24-27(33)32-25(2)29(34)37-26(3)28(31)30(35)36-4/h6-7,9-10,12-13,15-16,18-19,21-22,25-26,28H,5,8,11,14,17,20,23-24,31H2,1-4H3,(H,32,33)/t25?,26-,28+/m1/s1. The van der Waals surface area contributed by atoms with Gasteiger partial charge in [0.15, 0.2) is 0 Å². The molecule has 1 unspecified atom stereocenters. The summed E-state index contributed by atoms with van der Waals surface area (Å²) in [5.41, 5.74) is 5.64. The number of esters is 2. The maximum atomic E-state index is 12.1. The van der Waals surface area contributed by atoms with Crippen LogP contribution in [0.2, 0.25) is 0 Å². The van der Waals surface area contributed by atoms with Crippen molar-refractivity contribution in [3.63, 3.8) is 0 Å². The predicted molar refractivity (Wildman–Crippen MR) is 151 cm³/mol.